The van der Waals surface area contributed by atoms with Gasteiger partial charge in [0.15, 0.2) is 0 Å². The van der Waals surface area contributed by atoms with Crippen LogP contribution in [0.4, 0.5) is 5.69 Å². The van der Waals surface area contributed by atoms with Crippen molar-refractivity contribution in [3.8, 4) is 0 Å². The van der Waals surface area contributed by atoms with E-state index in [1.165, 1.54) is 27.8 Å². The molecule has 0 atom stereocenters. The maximum Gasteiger partial charge on any atom is 0.0630 e. The Morgan fingerprint density at radius 3 is 2.79 bits per heavy atom. The number of benzene rings is 1. The summed E-state index contributed by atoms with van der Waals surface area (Å²) in [4.78, 5) is 3.39. The number of aromatic nitrogens is 1. The van der Waals surface area contributed by atoms with Gasteiger partial charge in [0.1, 0.15) is 0 Å². The summed E-state index contributed by atoms with van der Waals surface area (Å²) in [7, 11) is 0. The molecule has 2 heteroatoms. The van der Waals surface area contributed by atoms with Crippen LogP contribution in [0.3, 0.4) is 0 Å². The fraction of sp³-hybridized carbons (Fsp3) is 0.333. The molecule has 0 amide bonds. The van der Waals surface area contributed by atoms with Crippen molar-refractivity contribution in [2.24, 2.45) is 0 Å². The van der Waals surface area contributed by atoms with Gasteiger partial charge in [-0.15, -0.1) is 0 Å². The van der Waals surface area contributed by atoms with Crippen LogP contribution < -0.4 is 5.32 Å². The van der Waals surface area contributed by atoms with Gasteiger partial charge in [0.2, 0.25) is 0 Å². The number of nitrogens with one attached hydrogen (secondary N) is 2. The highest BCUT2D eigenvalue weighted by Gasteiger charge is 2.08. The first-order valence-corrected chi connectivity index (χ1v) is 5.05. The van der Waals surface area contributed by atoms with Crippen molar-refractivity contribution in [1.82, 2.24) is 4.98 Å². The third-order valence-corrected chi connectivity index (χ3v) is 2.57. The number of anilines is 1. The lowest BCUT2D eigenvalue weighted by molar-refractivity contribution is 1.19. The Morgan fingerprint density at radius 1 is 1.29 bits per heavy atom. The first-order valence-electron chi connectivity index (χ1n) is 5.05. The van der Waals surface area contributed by atoms with Crippen molar-refractivity contribution in [3.05, 3.63) is 29.5 Å². The quantitative estimate of drug-likeness (QED) is 0.744. The normalized spacial score (nSPS) is 10.8. The summed E-state index contributed by atoms with van der Waals surface area (Å²) in [5.74, 6) is 0. The highest BCUT2D eigenvalue weighted by molar-refractivity contribution is 5.96. The fourth-order valence-electron chi connectivity index (χ4n) is 1.95. The SMILES string of the molecule is CCNc1c(C)[nH]c2cccc(C)c12. The topological polar surface area (TPSA) is 27.8 Å². The van der Waals surface area contributed by atoms with Crippen LogP contribution in [0.25, 0.3) is 10.9 Å². The number of aryl methyl sites for hydroxylation is 2. The second kappa shape index (κ2) is 3.37. The van der Waals surface area contributed by atoms with E-state index in [2.05, 4.69) is 49.3 Å². The summed E-state index contributed by atoms with van der Waals surface area (Å²) in [6.45, 7) is 7.34. The smallest absolute Gasteiger partial charge is 0.0630 e. The van der Waals surface area contributed by atoms with E-state index in [-0.39, 0.29) is 0 Å². The Labute approximate surface area is 84.3 Å². The lowest BCUT2D eigenvalue weighted by atomic mass is 10.1. The molecule has 0 aliphatic heterocycles. The Bertz CT molecular complexity index is 455. The van der Waals surface area contributed by atoms with Crippen molar-refractivity contribution in [2.75, 3.05) is 11.9 Å². The molecule has 2 rings (SSSR count). The molecular weight excluding hydrogens is 172 g/mol. The zero-order chi connectivity index (χ0) is 10.1. The summed E-state index contributed by atoms with van der Waals surface area (Å²) in [6, 6.07) is 6.36. The van der Waals surface area contributed by atoms with Crippen LogP contribution in [0, 0.1) is 13.8 Å². The van der Waals surface area contributed by atoms with Crippen LogP contribution in [0.2, 0.25) is 0 Å². The molecule has 0 saturated carbocycles. The number of aromatic amines is 1. The van der Waals surface area contributed by atoms with Crippen LogP contribution in [0.1, 0.15) is 18.2 Å². The molecule has 0 radical (unpaired) electrons. The fourth-order valence-corrected chi connectivity index (χ4v) is 1.95. The minimum Gasteiger partial charge on any atom is -0.383 e. The highest BCUT2D eigenvalue weighted by Crippen LogP contribution is 2.29. The molecule has 0 fully saturated rings. The average Bonchev–Trinajstić information content (AvgIpc) is 2.45. The highest BCUT2D eigenvalue weighted by atomic mass is 14.9. The molecule has 2 aromatic rings. The number of fused-ring (bicyclic) bond motifs is 1. The average molecular weight is 188 g/mol. The lowest BCUT2D eigenvalue weighted by Crippen LogP contribution is -1.97. The van der Waals surface area contributed by atoms with Gasteiger partial charge >= 0.3 is 0 Å². The Hall–Kier alpha value is -1.44. The molecule has 1 heterocycles. The van der Waals surface area contributed by atoms with Gasteiger partial charge in [-0.2, -0.15) is 0 Å². The molecule has 2 N–H and O–H groups in total. The third-order valence-electron chi connectivity index (χ3n) is 2.57. The summed E-state index contributed by atoms with van der Waals surface area (Å²) in [5, 5.41) is 4.73. The molecule has 14 heavy (non-hydrogen) atoms. The van der Waals surface area contributed by atoms with E-state index in [0.29, 0.717) is 0 Å². The molecule has 0 unspecified atom stereocenters. The van der Waals surface area contributed by atoms with Gasteiger partial charge < -0.3 is 10.3 Å². The van der Waals surface area contributed by atoms with Gasteiger partial charge in [-0.3, -0.25) is 0 Å². The molecule has 1 aromatic carbocycles. The molecule has 0 spiro atoms. The van der Waals surface area contributed by atoms with Crippen molar-refractivity contribution in [1.29, 1.82) is 0 Å². The maximum atomic E-state index is 3.41. The minimum absolute atomic E-state index is 0.960. The van der Waals surface area contributed by atoms with E-state index < -0.39 is 0 Å². The summed E-state index contributed by atoms with van der Waals surface area (Å²) in [5.41, 5.74) is 5.01. The van der Waals surface area contributed by atoms with Crippen molar-refractivity contribution in [3.63, 3.8) is 0 Å². The third kappa shape index (κ3) is 1.27. The number of hydrogen-bond donors (Lipinski definition) is 2. The van der Waals surface area contributed by atoms with Crippen molar-refractivity contribution >= 4 is 16.6 Å². The summed E-state index contributed by atoms with van der Waals surface area (Å²) < 4.78 is 0. The Morgan fingerprint density at radius 2 is 2.07 bits per heavy atom. The molecule has 2 nitrogen and oxygen atoms in total. The zero-order valence-corrected chi connectivity index (χ0v) is 8.94. The predicted molar refractivity (Wildman–Crippen MR) is 61.9 cm³/mol. The number of rotatable bonds is 2. The largest absolute Gasteiger partial charge is 0.383 e. The van der Waals surface area contributed by atoms with Gasteiger partial charge in [-0.05, 0) is 32.4 Å². The van der Waals surface area contributed by atoms with Crippen LogP contribution in [0.5, 0.6) is 0 Å². The van der Waals surface area contributed by atoms with E-state index in [0.717, 1.165) is 6.54 Å². The second-order valence-corrected chi connectivity index (χ2v) is 3.65. The predicted octanol–water partition coefficient (Wildman–Crippen LogP) is 3.22. The zero-order valence-electron chi connectivity index (χ0n) is 8.94. The molecule has 74 valence electrons. The van der Waals surface area contributed by atoms with E-state index in [9.17, 15) is 0 Å². The first-order chi connectivity index (χ1) is 6.74. The van der Waals surface area contributed by atoms with Crippen LogP contribution in [0.15, 0.2) is 18.2 Å². The lowest BCUT2D eigenvalue weighted by Gasteiger charge is -2.04. The Kier molecular flexibility index (Phi) is 2.20. The van der Waals surface area contributed by atoms with Crippen molar-refractivity contribution < 1.29 is 0 Å². The van der Waals surface area contributed by atoms with E-state index in [1.54, 1.807) is 0 Å². The number of hydrogen-bond acceptors (Lipinski definition) is 1. The summed E-state index contributed by atoms with van der Waals surface area (Å²) >= 11 is 0. The van der Waals surface area contributed by atoms with E-state index in [1.807, 2.05) is 0 Å². The van der Waals surface area contributed by atoms with Gasteiger partial charge in [0, 0.05) is 23.1 Å². The minimum atomic E-state index is 0.960. The molecule has 0 bridgehead atoms. The first kappa shape index (κ1) is 9.13. The van der Waals surface area contributed by atoms with Gasteiger partial charge in [0.25, 0.3) is 0 Å². The van der Waals surface area contributed by atoms with Gasteiger partial charge in [0.05, 0.1) is 5.69 Å². The van der Waals surface area contributed by atoms with Crippen LogP contribution >= 0.6 is 0 Å². The maximum absolute atomic E-state index is 3.41. The van der Waals surface area contributed by atoms with Crippen LogP contribution in [-0.4, -0.2) is 11.5 Å². The molecule has 0 aliphatic carbocycles. The second-order valence-electron chi connectivity index (χ2n) is 3.65. The molecular formula is C12H16N2. The van der Waals surface area contributed by atoms with Gasteiger partial charge in [-0.1, -0.05) is 12.1 Å². The molecule has 1 aromatic heterocycles. The van der Waals surface area contributed by atoms with Gasteiger partial charge in [-0.25, -0.2) is 0 Å². The monoisotopic (exact) mass is 188 g/mol. The van der Waals surface area contributed by atoms with E-state index >= 15 is 0 Å². The summed E-state index contributed by atoms with van der Waals surface area (Å²) in [6.07, 6.45) is 0. The molecule has 0 aliphatic rings. The van der Waals surface area contributed by atoms with E-state index in [4.69, 9.17) is 0 Å². The number of H-pyrrole nitrogens is 1. The van der Waals surface area contributed by atoms with Crippen LogP contribution in [-0.2, 0) is 0 Å². The standard InChI is InChI=1S/C12H16N2/c1-4-13-12-9(3)14-10-7-5-6-8(2)11(10)12/h5-7,13-14H,4H2,1-3H3. The van der Waals surface area contributed by atoms with Crippen molar-refractivity contribution in [2.45, 2.75) is 20.8 Å². The molecule has 0 saturated heterocycles. The Balaban J connectivity index is 2.73.